The van der Waals surface area contributed by atoms with Crippen LogP contribution in [0.3, 0.4) is 0 Å². The first-order valence-electron chi connectivity index (χ1n) is 5.63. The van der Waals surface area contributed by atoms with E-state index in [1.165, 1.54) is 0 Å². The van der Waals surface area contributed by atoms with Crippen LogP contribution in [-0.4, -0.2) is 23.7 Å². The van der Waals surface area contributed by atoms with Gasteiger partial charge in [0.2, 0.25) is 0 Å². The molecule has 0 spiro atoms. The van der Waals surface area contributed by atoms with Gasteiger partial charge in [-0.1, -0.05) is 25.4 Å². The minimum atomic E-state index is -0.224. The highest BCUT2D eigenvalue weighted by Crippen LogP contribution is 2.16. The molecule has 0 aliphatic heterocycles. The van der Waals surface area contributed by atoms with Gasteiger partial charge in [-0.25, -0.2) is 0 Å². The fourth-order valence-corrected chi connectivity index (χ4v) is 1.58. The first kappa shape index (κ1) is 14.0. The van der Waals surface area contributed by atoms with Crippen LogP contribution < -0.4 is 5.32 Å². The van der Waals surface area contributed by atoms with Crippen molar-refractivity contribution in [2.24, 2.45) is 5.92 Å². The van der Waals surface area contributed by atoms with Crippen LogP contribution in [0, 0.1) is 12.8 Å². The van der Waals surface area contributed by atoms with Crippen molar-refractivity contribution < 1.29 is 9.90 Å². The SMILES string of the molecule is Cc1cc(C(=O)NC(CO)C(C)C)ccc1Cl. The first-order chi connectivity index (χ1) is 7.95. The van der Waals surface area contributed by atoms with E-state index in [0.29, 0.717) is 10.6 Å². The van der Waals surface area contributed by atoms with E-state index in [2.05, 4.69) is 5.32 Å². The normalized spacial score (nSPS) is 12.6. The van der Waals surface area contributed by atoms with Crippen molar-refractivity contribution in [3.05, 3.63) is 34.3 Å². The summed E-state index contributed by atoms with van der Waals surface area (Å²) in [5, 5.41) is 12.6. The van der Waals surface area contributed by atoms with Crippen LogP contribution >= 0.6 is 11.6 Å². The summed E-state index contributed by atoms with van der Waals surface area (Å²) in [5.74, 6) is 0.00913. The van der Waals surface area contributed by atoms with Gasteiger partial charge in [0.25, 0.3) is 5.91 Å². The van der Waals surface area contributed by atoms with Gasteiger partial charge < -0.3 is 10.4 Å². The molecule has 1 unspecified atom stereocenters. The molecular weight excluding hydrogens is 238 g/mol. The van der Waals surface area contributed by atoms with Gasteiger partial charge in [-0.2, -0.15) is 0 Å². The van der Waals surface area contributed by atoms with E-state index in [-0.39, 0.29) is 24.5 Å². The second kappa shape index (κ2) is 6.03. The average Bonchev–Trinajstić information content (AvgIpc) is 2.28. The number of rotatable bonds is 4. The van der Waals surface area contributed by atoms with Crippen LogP contribution in [0.15, 0.2) is 18.2 Å². The first-order valence-corrected chi connectivity index (χ1v) is 6.01. The summed E-state index contributed by atoms with van der Waals surface area (Å²) in [6.45, 7) is 5.70. The summed E-state index contributed by atoms with van der Waals surface area (Å²) in [6, 6.07) is 4.90. The predicted octanol–water partition coefficient (Wildman–Crippen LogP) is 2.40. The number of hydrogen-bond donors (Lipinski definition) is 2. The molecule has 0 saturated carbocycles. The van der Waals surface area contributed by atoms with Gasteiger partial charge in [-0.15, -0.1) is 0 Å². The Morgan fingerprint density at radius 2 is 2.12 bits per heavy atom. The van der Waals surface area contributed by atoms with Crippen LogP contribution in [0.1, 0.15) is 29.8 Å². The van der Waals surface area contributed by atoms with Crippen molar-refractivity contribution >= 4 is 17.5 Å². The minimum Gasteiger partial charge on any atom is -0.394 e. The summed E-state index contributed by atoms with van der Waals surface area (Å²) in [4.78, 5) is 11.9. The van der Waals surface area contributed by atoms with Crippen LogP contribution in [0.4, 0.5) is 0 Å². The van der Waals surface area contributed by atoms with E-state index >= 15 is 0 Å². The van der Waals surface area contributed by atoms with E-state index in [0.717, 1.165) is 5.56 Å². The van der Waals surface area contributed by atoms with Crippen LogP contribution in [0.5, 0.6) is 0 Å². The molecule has 1 aromatic carbocycles. The quantitative estimate of drug-likeness (QED) is 0.868. The topological polar surface area (TPSA) is 49.3 Å². The highest BCUT2D eigenvalue weighted by molar-refractivity contribution is 6.31. The molecule has 0 aliphatic carbocycles. The third-order valence-electron chi connectivity index (χ3n) is 2.74. The van der Waals surface area contributed by atoms with E-state index in [9.17, 15) is 4.79 Å². The number of aliphatic hydroxyl groups is 1. The Labute approximate surface area is 107 Å². The molecule has 1 aromatic rings. The number of hydrogen-bond acceptors (Lipinski definition) is 2. The number of nitrogens with one attached hydrogen (secondary N) is 1. The summed E-state index contributed by atoms with van der Waals surface area (Å²) in [5.41, 5.74) is 1.43. The zero-order valence-electron chi connectivity index (χ0n) is 10.3. The maximum Gasteiger partial charge on any atom is 0.251 e. The smallest absolute Gasteiger partial charge is 0.251 e. The zero-order valence-corrected chi connectivity index (χ0v) is 11.1. The Morgan fingerprint density at radius 3 is 2.59 bits per heavy atom. The molecule has 17 heavy (non-hydrogen) atoms. The molecule has 1 amide bonds. The van der Waals surface area contributed by atoms with Gasteiger partial charge in [0.1, 0.15) is 0 Å². The van der Waals surface area contributed by atoms with Gasteiger partial charge in [0.05, 0.1) is 12.6 Å². The van der Waals surface area contributed by atoms with Crippen LogP contribution in [-0.2, 0) is 0 Å². The van der Waals surface area contributed by atoms with Gasteiger partial charge in [-0.05, 0) is 36.6 Å². The molecule has 1 rings (SSSR count). The van der Waals surface area contributed by atoms with Crippen molar-refractivity contribution in [1.29, 1.82) is 0 Å². The number of benzene rings is 1. The summed E-state index contributed by atoms with van der Waals surface area (Å²) in [7, 11) is 0. The van der Waals surface area contributed by atoms with Crippen molar-refractivity contribution in [3.63, 3.8) is 0 Å². The maximum atomic E-state index is 11.9. The number of amides is 1. The molecule has 0 radical (unpaired) electrons. The molecule has 0 aromatic heterocycles. The minimum absolute atomic E-state index is 0.0595. The van der Waals surface area contributed by atoms with Gasteiger partial charge >= 0.3 is 0 Å². The van der Waals surface area contributed by atoms with Crippen molar-refractivity contribution in [2.45, 2.75) is 26.8 Å². The lowest BCUT2D eigenvalue weighted by Gasteiger charge is -2.20. The highest BCUT2D eigenvalue weighted by Gasteiger charge is 2.16. The molecule has 94 valence electrons. The van der Waals surface area contributed by atoms with Crippen molar-refractivity contribution in [3.8, 4) is 0 Å². The molecular formula is C13H18ClNO2. The van der Waals surface area contributed by atoms with Crippen molar-refractivity contribution in [1.82, 2.24) is 5.32 Å². The summed E-state index contributed by atoms with van der Waals surface area (Å²) in [6.07, 6.45) is 0. The molecule has 3 nitrogen and oxygen atoms in total. The van der Waals surface area contributed by atoms with E-state index in [4.69, 9.17) is 16.7 Å². The lowest BCUT2D eigenvalue weighted by atomic mass is 10.0. The highest BCUT2D eigenvalue weighted by atomic mass is 35.5. The molecule has 0 saturated heterocycles. The number of carbonyl (C=O) groups excluding carboxylic acids is 1. The fraction of sp³-hybridized carbons (Fsp3) is 0.462. The number of carbonyl (C=O) groups is 1. The Balaban J connectivity index is 2.79. The molecule has 1 atom stereocenters. The van der Waals surface area contributed by atoms with E-state index < -0.39 is 0 Å². The molecule has 0 fully saturated rings. The Kier molecular flexibility index (Phi) is 4.97. The lowest BCUT2D eigenvalue weighted by Crippen LogP contribution is -2.41. The van der Waals surface area contributed by atoms with Gasteiger partial charge in [0.15, 0.2) is 0 Å². The Bertz CT molecular complexity index is 404. The standard InChI is InChI=1S/C13H18ClNO2/c1-8(2)12(7-16)15-13(17)10-4-5-11(14)9(3)6-10/h4-6,8,12,16H,7H2,1-3H3,(H,15,17). The molecule has 0 heterocycles. The van der Waals surface area contributed by atoms with Crippen LogP contribution in [0.2, 0.25) is 5.02 Å². The second-order valence-electron chi connectivity index (χ2n) is 4.47. The summed E-state index contributed by atoms with van der Waals surface area (Å²) < 4.78 is 0. The second-order valence-corrected chi connectivity index (χ2v) is 4.88. The number of aryl methyl sites for hydroxylation is 1. The van der Waals surface area contributed by atoms with E-state index in [1.54, 1.807) is 18.2 Å². The Morgan fingerprint density at radius 1 is 1.47 bits per heavy atom. The van der Waals surface area contributed by atoms with Gasteiger partial charge in [-0.3, -0.25) is 4.79 Å². The molecule has 0 aliphatic rings. The molecule has 0 bridgehead atoms. The number of halogens is 1. The monoisotopic (exact) mass is 255 g/mol. The third-order valence-corrected chi connectivity index (χ3v) is 3.16. The summed E-state index contributed by atoms with van der Waals surface area (Å²) >= 11 is 5.90. The third kappa shape index (κ3) is 3.72. The largest absolute Gasteiger partial charge is 0.394 e. The van der Waals surface area contributed by atoms with E-state index in [1.807, 2.05) is 20.8 Å². The predicted molar refractivity (Wildman–Crippen MR) is 69.4 cm³/mol. The van der Waals surface area contributed by atoms with Crippen molar-refractivity contribution in [2.75, 3.05) is 6.61 Å². The fourth-order valence-electron chi connectivity index (χ4n) is 1.46. The van der Waals surface area contributed by atoms with Crippen LogP contribution in [0.25, 0.3) is 0 Å². The maximum absolute atomic E-state index is 11.9. The molecule has 2 N–H and O–H groups in total. The van der Waals surface area contributed by atoms with Gasteiger partial charge in [0, 0.05) is 10.6 Å². The zero-order chi connectivity index (χ0) is 13.0. The lowest BCUT2D eigenvalue weighted by molar-refractivity contribution is 0.0897. The number of aliphatic hydroxyl groups excluding tert-OH is 1. The molecule has 4 heteroatoms. The Hall–Kier alpha value is -1.06. The average molecular weight is 256 g/mol.